The maximum atomic E-state index is 12.5. The number of pyridine rings is 1. The summed E-state index contributed by atoms with van der Waals surface area (Å²) in [5.74, 6) is -0.112. The number of aliphatic imine (C=N–C) groups is 1. The van der Waals surface area contributed by atoms with Gasteiger partial charge < -0.3 is 16.4 Å². The number of hydrogen-bond acceptors (Lipinski definition) is 6. The maximum Gasteiger partial charge on any atom is 0.251 e. The second-order valence-corrected chi connectivity index (χ2v) is 8.13. The molecule has 1 aliphatic rings. The number of benzene rings is 1. The molecule has 30 heavy (non-hydrogen) atoms. The molecule has 7 heteroatoms. The van der Waals surface area contributed by atoms with E-state index in [1.807, 2.05) is 49.7 Å². The number of carbonyl (C=O) groups excluding carboxylic acids is 1. The summed E-state index contributed by atoms with van der Waals surface area (Å²) in [6.07, 6.45) is 9.24. The van der Waals surface area contributed by atoms with Crippen LogP contribution in [0.2, 0.25) is 0 Å². The van der Waals surface area contributed by atoms with E-state index in [9.17, 15) is 4.79 Å². The van der Waals surface area contributed by atoms with Crippen LogP contribution in [0.25, 0.3) is 5.57 Å². The Hall–Kier alpha value is -2.64. The van der Waals surface area contributed by atoms with Crippen LogP contribution in [-0.4, -0.2) is 42.5 Å². The topological polar surface area (TPSA) is 92.4 Å². The molecule has 0 bridgehead atoms. The molecule has 1 aliphatic heterocycles. The third-order valence-corrected chi connectivity index (χ3v) is 6.04. The van der Waals surface area contributed by atoms with Gasteiger partial charge in [0.2, 0.25) is 0 Å². The van der Waals surface area contributed by atoms with Crippen LogP contribution in [0.5, 0.6) is 0 Å². The summed E-state index contributed by atoms with van der Waals surface area (Å²) in [7, 11) is 0. The molecule has 2 heterocycles. The Balaban J connectivity index is 1.64. The largest absolute Gasteiger partial charge is 0.404 e. The third kappa shape index (κ3) is 5.93. The first-order valence-corrected chi connectivity index (χ1v) is 11.4. The summed E-state index contributed by atoms with van der Waals surface area (Å²) in [6.45, 7) is 4.39. The molecule has 1 aromatic heterocycles. The van der Waals surface area contributed by atoms with Gasteiger partial charge in [-0.1, -0.05) is 6.07 Å². The molecular formula is C23H29N5OS. The summed E-state index contributed by atoms with van der Waals surface area (Å²) in [4.78, 5) is 22.7. The van der Waals surface area contributed by atoms with E-state index in [-0.39, 0.29) is 5.91 Å². The monoisotopic (exact) mass is 423 g/mol. The molecule has 4 N–H and O–H groups in total. The Morgan fingerprint density at radius 3 is 2.83 bits per heavy atom. The minimum atomic E-state index is -0.112. The van der Waals surface area contributed by atoms with Crippen molar-refractivity contribution < 1.29 is 4.79 Å². The fourth-order valence-electron chi connectivity index (χ4n) is 3.34. The molecule has 158 valence electrons. The number of nitrogens with zero attached hydrogens (tertiary/aromatic N) is 2. The number of piperidine rings is 1. The predicted octanol–water partition coefficient (Wildman–Crippen LogP) is 3.16. The minimum Gasteiger partial charge on any atom is -0.404 e. The molecule has 0 radical (unpaired) electrons. The number of thioether (sulfide) groups is 1. The summed E-state index contributed by atoms with van der Waals surface area (Å²) in [5.41, 5.74) is 10.2. The van der Waals surface area contributed by atoms with E-state index in [0.717, 1.165) is 47.7 Å². The van der Waals surface area contributed by atoms with E-state index in [1.165, 1.54) is 5.56 Å². The molecule has 0 spiro atoms. The Bertz CT molecular complexity index is 935. The molecule has 1 aromatic carbocycles. The first-order chi connectivity index (χ1) is 14.6. The molecular weight excluding hydrogens is 394 g/mol. The fourth-order valence-corrected chi connectivity index (χ4v) is 3.98. The molecule has 0 atom stereocenters. The third-order valence-electron chi connectivity index (χ3n) is 5.16. The van der Waals surface area contributed by atoms with Crippen LogP contribution in [0.15, 0.2) is 52.6 Å². The number of aryl methyl sites for hydroxylation is 1. The van der Waals surface area contributed by atoms with Gasteiger partial charge in [0, 0.05) is 34.6 Å². The van der Waals surface area contributed by atoms with Crippen LogP contribution >= 0.6 is 11.8 Å². The second kappa shape index (κ2) is 10.9. The highest BCUT2D eigenvalue weighted by Gasteiger charge is 2.11. The van der Waals surface area contributed by atoms with Crippen molar-refractivity contribution in [3.05, 3.63) is 65.1 Å². The standard InChI is InChI=1S/C23H29N5OS/c1-16-3-4-18(12-22(16)30-2)23(29)28-15-21-11-17(5-10-26-21)19(13-24)14-27-20-6-8-25-9-7-20/h3-5,10-14,20,25H,6-9,15,24H2,1-2H3,(H,28,29)/b19-13+,27-14?. The predicted molar refractivity (Wildman–Crippen MR) is 125 cm³/mol. The van der Waals surface area contributed by atoms with E-state index in [2.05, 4.69) is 15.6 Å². The first-order valence-electron chi connectivity index (χ1n) is 10.1. The molecule has 1 fully saturated rings. The number of allylic oxidation sites excluding steroid dienone is 1. The molecule has 2 aromatic rings. The molecule has 1 saturated heterocycles. The van der Waals surface area contributed by atoms with Gasteiger partial charge in [-0.05, 0) is 74.5 Å². The van der Waals surface area contributed by atoms with Gasteiger partial charge in [-0.3, -0.25) is 14.8 Å². The van der Waals surface area contributed by atoms with Crippen LogP contribution in [-0.2, 0) is 6.54 Å². The van der Waals surface area contributed by atoms with Crippen LogP contribution in [0.4, 0.5) is 0 Å². The van der Waals surface area contributed by atoms with Gasteiger partial charge >= 0.3 is 0 Å². The normalized spacial score (nSPS) is 15.5. The summed E-state index contributed by atoms with van der Waals surface area (Å²) in [6, 6.07) is 9.92. The number of aromatic nitrogens is 1. The molecule has 0 unspecified atom stereocenters. The average Bonchev–Trinajstić information content (AvgIpc) is 2.79. The lowest BCUT2D eigenvalue weighted by Gasteiger charge is -2.18. The average molecular weight is 424 g/mol. The van der Waals surface area contributed by atoms with Gasteiger partial charge in [-0.25, -0.2) is 0 Å². The van der Waals surface area contributed by atoms with Gasteiger partial charge in [0.1, 0.15) is 0 Å². The van der Waals surface area contributed by atoms with Gasteiger partial charge in [-0.15, -0.1) is 11.8 Å². The smallest absolute Gasteiger partial charge is 0.251 e. The van der Waals surface area contributed by atoms with Gasteiger partial charge in [0.05, 0.1) is 18.3 Å². The highest BCUT2D eigenvalue weighted by Crippen LogP contribution is 2.21. The van der Waals surface area contributed by atoms with E-state index in [1.54, 1.807) is 24.2 Å². The zero-order valence-electron chi connectivity index (χ0n) is 17.5. The van der Waals surface area contributed by atoms with E-state index >= 15 is 0 Å². The van der Waals surface area contributed by atoms with E-state index < -0.39 is 0 Å². The molecule has 0 aliphatic carbocycles. The van der Waals surface area contributed by atoms with Crippen LogP contribution in [0.3, 0.4) is 0 Å². The Kier molecular flexibility index (Phi) is 8.04. The number of nitrogens with one attached hydrogen (secondary N) is 2. The van der Waals surface area contributed by atoms with Crippen molar-refractivity contribution in [3.63, 3.8) is 0 Å². The molecule has 0 saturated carbocycles. The van der Waals surface area contributed by atoms with Gasteiger partial charge in [0.25, 0.3) is 5.91 Å². The number of amides is 1. The van der Waals surface area contributed by atoms with Crippen LogP contribution < -0.4 is 16.4 Å². The minimum absolute atomic E-state index is 0.112. The first kappa shape index (κ1) is 22.1. The number of nitrogens with two attached hydrogens (primary N) is 1. The highest BCUT2D eigenvalue weighted by atomic mass is 32.2. The fraction of sp³-hybridized carbons (Fsp3) is 0.348. The van der Waals surface area contributed by atoms with Gasteiger partial charge in [0.15, 0.2) is 0 Å². The van der Waals surface area contributed by atoms with Crippen molar-refractivity contribution >= 4 is 29.5 Å². The summed E-state index contributed by atoms with van der Waals surface area (Å²) < 4.78 is 0. The quantitative estimate of drug-likeness (QED) is 0.470. The zero-order chi connectivity index (χ0) is 21.3. The Labute approximate surface area is 182 Å². The Morgan fingerprint density at radius 2 is 2.10 bits per heavy atom. The van der Waals surface area contributed by atoms with Gasteiger partial charge in [-0.2, -0.15) is 0 Å². The zero-order valence-corrected chi connectivity index (χ0v) is 18.3. The van der Waals surface area contributed by atoms with Crippen LogP contribution in [0.1, 0.15) is 40.0 Å². The maximum absolute atomic E-state index is 12.5. The van der Waals surface area contributed by atoms with Crippen molar-refractivity contribution in [3.8, 4) is 0 Å². The second-order valence-electron chi connectivity index (χ2n) is 7.28. The van der Waals surface area contributed by atoms with Crippen molar-refractivity contribution in [1.82, 2.24) is 15.6 Å². The Morgan fingerprint density at radius 1 is 1.30 bits per heavy atom. The lowest BCUT2D eigenvalue weighted by molar-refractivity contribution is 0.0950. The van der Waals surface area contributed by atoms with E-state index in [4.69, 9.17) is 10.7 Å². The van der Waals surface area contributed by atoms with Crippen molar-refractivity contribution in [2.75, 3.05) is 19.3 Å². The molecule has 6 nitrogen and oxygen atoms in total. The lowest BCUT2D eigenvalue weighted by Crippen LogP contribution is -2.29. The van der Waals surface area contributed by atoms with Crippen molar-refractivity contribution in [1.29, 1.82) is 0 Å². The highest BCUT2D eigenvalue weighted by molar-refractivity contribution is 7.98. The van der Waals surface area contributed by atoms with E-state index in [0.29, 0.717) is 18.2 Å². The molecule has 1 amide bonds. The lowest BCUT2D eigenvalue weighted by atomic mass is 10.1. The number of hydrogen-bond donors (Lipinski definition) is 3. The number of carbonyl (C=O) groups is 1. The van der Waals surface area contributed by atoms with Crippen molar-refractivity contribution in [2.24, 2.45) is 10.7 Å². The number of rotatable bonds is 7. The summed E-state index contributed by atoms with van der Waals surface area (Å²) >= 11 is 1.64. The van der Waals surface area contributed by atoms with Crippen LogP contribution in [0, 0.1) is 6.92 Å². The molecule has 3 rings (SSSR count). The SMILES string of the molecule is CSc1cc(C(=O)NCc2cc(/C(C=NC3CCNCC3)=C/N)ccn2)ccc1C. The summed E-state index contributed by atoms with van der Waals surface area (Å²) in [5, 5.41) is 6.29. The van der Waals surface area contributed by atoms with Crippen molar-refractivity contribution in [2.45, 2.75) is 37.2 Å².